The zero-order valence-electron chi connectivity index (χ0n) is 9.40. The molecule has 0 aliphatic heterocycles. The Morgan fingerprint density at radius 1 is 1.25 bits per heavy atom. The second kappa shape index (κ2) is 7.40. The number of esters is 1. The highest BCUT2D eigenvalue weighted by atomic mass is 32.2. The van der Waals surface area contributed by atoms with Gasteiger partial charge in [-0.05, 0) is 19.8 Å². The minimum atomic E-state index is -4.09. The molecule has 5 nitrogen and oxygen atoms in total. The number of hydrogen-bond donors (Lipinski definition) is 0. The SMILES string of the molecule is C=C(C)C(=O)OCCCCCCS(=O)(=O)[O-]. The highest BCUT2D eigenvalue weighted by Gasteiger charge is 2.02. The van der Waals surface area contributed by atoms with Crippen LogP contribution >= 0.6 is 0 Å². The topological polar surface area (TPSA) is 83.5 Å². The fourth-order valence-corrected chi connectivity index (χ4v) is 1.58. The van der Waals surface area contributed by atoms with Gasteiger partial charge >= 0.3 is 5.97 Å². The third kappa shape index (κ3) is 9.67. The summed E-state index contributed by atoms with van der Waals surface area (Å²) >= 11 is 0. The van der Waals surface area contributed by atoms with E-state index in [0.29, 0.717) is 31.4 Å². The number of hydrogen-bond acceptors (Lipinski definition) is 5. The molecule has 0 atom stereocenters. The second-order valence-corrected chi connectivity index (χ2v) is 5.12. The van der Waals surface area contributed by atoms with Gasteiger partial charge in [0.05, 0.1) is 16.7 Å². The monoisotopic (exact) mass is 249 g/mol. The highest BCUT2D eigenvalue weighted by molar-refractivity contribution is 7.85. The fraction of sp³-hybridized carbons (Fsp3) is 0.700. The molecule has 6 heteroatoms. The molecule has 0 aromatic carbocycles. The normalized spacial score (nSPS) is 11.1. The summed E-state index contributed by atoms with van der Waals surface area (Å²) in [7, 11) is -4.09. The fourth-order valence-electron chi connectivity index (χ4n) is 1.02. The molecule has 0 unspecified atom stereocenters. The smallest absolute Gasteiger partial charge is 0.333 e. The Morgan fingerprint density at radius 3 is 2.31 bits per heavy atom. The standard InChI is InChI=1S/C10H18O5S/c1-9(2)10(11)15-7-5-3-4-6-8-16(12,13)14/h1,3-8H2,2H3,(H,12,13,14)/p-1. The van der Waals surface area contributed by atoms with Crippen LogP contribution in [0.3, 0.4) is 0 Å². The number of carbonyl (C=O) groups is 1. The Kier molecular flexibility index (Phi) is 7.00. The van der Waals surface area contributed by atoms with Crippen LogP contribution in [0, 0.1) is 0 Å². The van der Waals surface area contributed by atoms with Gasteiger partial charge in [0, 0.05) is 11.3 Å². The number of unbranched alkanes of at least 4 members (excludes halogenated alkanes) is 3. The van der Waals surface area contributed by atoms with E-state index in [4.69, 9.17) is 4.74 Å². The van der Waals surface area contributed by atoms with E-state index in [0.717, 1.165) is 6.42 Å². The summed E-state index contributed by atoms with van der Waals surface area (Å²) in [6, 6.07) is 0. The minimum Gasteiger partial charge on any atom is -0.748 e. The van der Waals surface area contributed by atoms with Crippen molar-refractivity contribution >= 4 is 16.1 Å². The molecule has 0 spiro atoms. The van der Waals surface area contributed by atoms with Gasteiger partial charge in [0.2, 0.25) is 0 Å². The van der Waals surface area contributed by atoms with Crippen molar-refractivity contribution in [3.63, 3.8) is 0 Å². The second-order valence-electron chi connectivity index (χ2n) is 3.59. The zero-order chi connectivity index (χ0) is 12.6. The van der Waals surface area contributed by atoms with Gasteiger partial charge in [-0.1, -0.05) is 19.4 Å². The van der Waals surface area contributed by atoms with E-state index in [1.807, 2.05) is 0 Å². The van der Waals surface area contributed by atoms with Crippen LogP contribution < -0.4 is 0 Å². The Balaban J connectivity index is 3.35. The van der Waals surface area contributed by atoms with E-state index in [1.54, 1.807) is 6.92 Å². The quantitative estimate of drug-likeness (QED) is 0.279. The molecular formula is C10H17O5S-. The van der Waals surface area contributed by atoms with E-state index >= 15 is 0 Å². The molecule has 0 saturated heterocycles. The molecule has 0 aliphatic carbocycles. The lowest BCUT2D eigenvalue weighted by molar-refractivity contribution is -0.139. The van der Waals surface area contributed by atoms with E-state index < -0.39 is 16.1 Å². The van der Waals surface area contributed by atoms with E-state index in [1.165, 1.54) is 0 Å². The van der Waals surface area contributed by atoms with Crippen molar-refractivity contribution in [3.8, 4) is 0 Å². The van der Waals surface area contributed by atoms with Crippen LogP contribution in [-0.2, 0) is 19.6 Å². The molecule has 0 bridgehead atoms. The van der Waals surface area contributed by atoms with Crippen molar-refractivity contribution < 1.29 is 22.5 Å². The van der Waals surface area contributed by atoms with E-state index in [2.05, 4.69) is 6.58 Å². The van der Waals surface area contributed by atoms with Crippen LogP contribution in [0.1, 0.15) is 32.6 Å². The van der Waals surface area contributed by atoms with Crippen LogP contribution in [0.2, 0.25) is 0 Å². The largest absolute Gasteiger partial charge is 0.748 e. The van der Waals surface area contributed by atoms with Gasteiger partial charge in [0.15, 0.2) is 0 Å². The first kappa shape index (κ1) is 15.1. The molecule has 0 heterocycles. The number of carbonyl (C=O) groups excluding carboxylic acids is 1. The summed E-state index contributed by atoms with van der Waals surface area (Å²) in [5.74, 6) is -0.736. The van der Waals surface area contributed by atoms with Gasteiger partial charge in [-0.3, -0.25) is 0 Å². The molecule has 0 rings (SSSR count). The van der Waals surface area contributed by atoms with Gasteiger partial charge in [0.25, 0.3) is 0 Å². The molecule has 0 radical (unpaired) electrons. The van der Waals surface area contributed by atoms with Gasteiger partial charge in [-0.15, -0.1) is 0 Å². The summed E-state index contributed by atoms with van der Waals surface area (Å²) in [4.78, 5) is 10.9. The Labute approximate surface area is 96.2 Å². The van der Waals surface area contributed by atoms with Gasteiger partial charge in [0.1, 0.15) is 0 Å². The molecule has 0 aromatic heterocycles. The molecule has 0 N–H and O–H groups in total. The van der Waals surface area contributed by atoms with Crippen LogP contribution in [0.5, 0.6) is 0 Å². The van der Waals surface area contributed by atoms with Crippen molar-refractivity contribution in [3.05, 3.63) is 12.2 Å². The summed E-state index contributed by atoms with van der Waals surface area (Å²) in [6.07, 6.45) is 2.41. The number of rotatable bonds is 8. The van der Waals surface area contributed by atoms with Gasteiger partial charge in [-0.2, -0.15) is 0 Å². The summed E-state index contributed by atoms with van der Waals surface area (Å²) in [6.45, 7) is 5.31. The van der Waals surface area contributed by atoms with Crippen molar-refractivity contribution in [1.29, 1.82) is 0 Å². The first-order valence-electron chi connectivity index (χ1n) is 5.09. The van der Waals surface area contributed by atoms with Gasteiger partial charge < -0.3 is 9.29 Å². The average molecular weight is 249 g/mol. The minimum absolute atomic E-state index is 0.301. The van der Waals surface area contributed by atoms with E-state index in [-0.39, 0.29) is 5.75 Å². The highest BCUT2D eigenvalue weighted by Crippen LogP contribution is 2.03. The van der Waals surface area contributed by atoms with E-state index in [9.17, 15) is 17.8 Å². The molecule has 0 saturated carbocycles. The first-order chi connectivity index (χ1) is 7.33. The van der Waals surface area contributed by atoms with Crippen LogP contribution in [-0.4, -0.2) is 31.3 Å². The summed E-state index contributed by atoms with van der Waals surface area (Å²) in [5.41, 5.74) is 0.359. The van der Waals surface area contributed by atoms with Crippen LogP contribution in [0.4, 0.5) is 0 Å². The third-order valence-electron chi connectivity index (χ3n) is 1.87. The van der Waals surface area contributed by atoms with Gasteiger partial charge in [-0.25, -0.2) is 13.2 Å². The lowest BCUT2D eigenvalue weighted by Gasteiger charge is -2.06. The molecule has 16 heavy (non-hydrogen) atoms. The number of ether oxygens (including phenoxy) is 1. The Hall–Kier alpha value is -0.880. The summed E-state index contributed by atoms with van der Waals surface area (Å²) < 4.78 is 35.6. The molecule has 0 fully saturated rings. The maximum absolute atomic E-state index is 10.9. The predicted molar refractivity (Wildman–Crippen MR) is 58.8 cm³/mol. The van der Waals surface area contributed by atoms with Crippen molar-refractivity contribution in [1.82, 2.24) is 0 Å². The zero-order valence-corrected chi connectivity index (χ0v) is 10.2. The van der Waals surface area contributed by atoms with Crippen LogP contribution in [0.15, 0.2) is 12.2 Å². The lowest BCUT2D eigenvalue weighted by Crippen LogP contribution is -2.06. The molecule has 0 aromatic rings. The molecule has 0 amide bonds. The Morgan fingerprint density at radius 2 is 1.81 bits per heavy atom. The maximum atomic E-state index is 10.9. The molecule has 94 valence electrons. The lowest BCUT2D eigenvalue weighted by atomic mass is 10.2. The van der Waals surface area contributed by atoms with Crippen molar-refractivity contribution in [2.24, 2.45) is 0 Å². The molecular weight excluding hydrogens is 232 g/mol. The van der Waals surface area contributed by atoms with Crippen molar-refractivity contribution in [2.75, 3.05) is 12.4 Å². The molecule has 0 aliphatic rings. The summed E-state index contributed by atoms with van der Waals surface area (Å²) in [5, 5.41) is 0. The van der Waals surface area contributed by atoms with Crippen molar-refractivity contribution in [2.45, 2.75) is 32.6 Å². The maximum Gasteiger partial charge on any atom is 0.333 e. The third-order valence-corrected chi connectivity index (χ3v) is 2.66. The first-order valence-corrected chi connectivity index (χ1v) is 6.67. The van der Waals surface area contributed by atoms with Crippen LogP contribution in [0.25, 0.3) is 0 Å². The Bertz CT molecular complexity index is 331. The predicted octanol–water partition coefficient (Wildman–Crippen LogP) is 1.21. The average Bonchev–Trinajstić information content (AvgIpc) is 2.14.